The van der Waals surface area contributed by atoms with Crippen molar-refractivity contribution in [2.45, 2.75) is 12.3 Å². The van der Waals surface area contributed by atoms with Crippen LogP contribution in [0.4, 0.5) is 5.82 Å². The largest absolute Gasteiger partial charge is 0.481 e. The molecule has 1 aliphatic carbocycles. The molecule has 7 heteroatoms. The SMILES string of the molecule is Nc1ncnc2nc(C3CC3C(=O)O)[nH]c12. The van der Waals surface area contributed by atoms with Crippen LogP contribution in [0.2, 0.25) is 0 Å². The van der Waals surface area contributed by atoms with Crippen molar-refractivity contribution in [1.29, 1.82) is 0 Å². The molecule has 0 spiro atoms. The van der Waals surface area contributed by atoms with E-state index < -0.39 is 5.97 Å². The van der Waals surface area contributed by atoms with Gasteiger partial charge in [0.1, 0.15) is 17.7 Å². The maximum absolute atomic E-state index is 10.7. The average Bonchev–Trinajstić information content (AvgIpc) is 2.92. The second kappa shape index (κ2) is 2.91. The summed E-state index contributed by atoms with van der Waals surface area (Å²) in [5.74, 6) is -0.212. The maximum atomic E-state index is 10.7. The number of nitrogens with zero attached hydrogens (tertiary/aromatic N) is 3. The smallest absolute Gasteiger partial charge is 0.307 e. The van der Waals surface area contributed by atoms with Crippen molar-refractivity contribution < 1.29 is 9.90 Å². The van der Waals surface area contributed by atoms with Crippen molar-refractivity contribution in [2.24, 2.45) is 5.92 Å². The summed E-state index contributed by atoms with van der Waals surface area (Å²) in [6.45, 7) is 0. The molecule has 82 valence electrons. The lowest BCUT2D eigenvalue weighted by molar-refractivity contribution is -0.138. The molecule has 2 aromatic rings. The number of carboxylic acids is 1. The van der Waals surface area contributed by atoms with Crippen molar-refractivity contribution in [2.75, 3.05) is 5.73 Å². The van der Waals surface area contributed by atoms with Crippen LogP contribution >= 0.6 is 0 Å². The number of hydrogen-bond acceptors (Lipinski definition) is 5. The fraction of sp³-hybridized carbons (Fsp3) is 0.333. The van der Waals surface area contributed by atoms with Crippen molar-refractivity contribution in [3.63, 3.8) is 0 Å². The number of aliphatic carboxylic acids is 1. The highest BCUT2D eigenvalue weighted by molar-refractivity contribution is 5.82. The van der Waals surface area contributed by atoms with E-state index in [1.165, 1.54) is 6.33 Å². The second-order valence-corrected chi connectivity index (χ2v) is 3.87. The van der Waals surface area contributed by atoms with Gasteiger partial charge in [0, 0.05) is 5.92 Å². The number of rotatable bonds is 2. The van der Waals surface area contributed by atoms with E-state index >= 15 is 0 Å². The van der Waals surface area contributed by atoms with Crippen LogP contribution < -0.4 is 5.73 Å². The Bertz CT molecular complexity index is 578. The number of carbonyl (C=O) groups is 1. The summed E-state index contributed by atoms with van der Waals surface area (Å²) in [5.41, 5.74) is 6.71. The Hall–Kier alpha value is -2.18. The van der Waals surface area contributed by atoms with Crippen molar-refractivity contribution >= 4 is 23.0 Å². The predicted octanol–water partition coefficient (Wildman–Crippen LogP) is 0.123. The maximum Gasteiger partial charge on any atom is 0.307 e. The van der Waals surface area contributed by atoms with Gasteiger partial charge in [-0.2, -0.15) is 0 Å². The van der Waals surface area contributed by atoms with Gasteiger partial charge < -0.3 is 15.8 Å². The molecule has 3 rings (SSSR count). The van der Waals surface area contributed by atoms with E-state index in [0.29, 0.717) is 29.2 Å². The third-order valence-corrected chi connectivity index (χ3v) is 2.79. The molecule has 0 aliphatic heterocycles. The molecule has 0 saturated heterocycles. The number of nitrogens with two attached hydrogens (primary N) is 1. The van der Waals surface area contributed by atoms with Crippen LogP contribution in [0.3, 0.4) is 0 Å². The van der Waals surface area contributed by atoms with Crippen molar-refractivity contribution in [1.82, 2.24) is 19.9 Å². The second-order valence-electron chi connectivity index (χ2n) is 3.87. The summed E-state index contributed by atoms with van der Waals surface area (Å²) in [7, 11) is 0. The summed E-state index contributed by atoms with van der Waals surface area (Å²) in [4.78, 5) is 25.7. The summed E-state index contributed by atoms with van der Waals surface area (Å²) >= 11 is 0. The fourth-order valence-corrected chi connectivity index (χ4v) is 1.81. The van der Waals surface area contributed by atoms with Gasteiger partial charge in [0.2, 0.25) is 0 Å². The molecule has 0 bridgehead atoms. The molecule has 16 heavy (non-hydrogen) atoms. The lowest BCUT2D eigenvalue weighted by Gasteiger charge is -1.91. The van der Waals surface area contributed by atoms with E-state index in [4.69, 9.17) is 10.8 Å². The molecule has 2 atom stereocenters. The number of fused-ring (bicyclic) bond motifs is 1. The van der Waals surface area contributed by atoms with Gasteiger partial charge in [0.05, 0.1) is 5.92 Å². The highest BCUT2D eigenvalue weighted by Gasteiger charge is 2.46. The summed E-state index contributed by atoms with van der Waals surface area (Å²) in [5, 5.41) is 8.82. The lowest BCUT2D eigenvalue weighted by atomic mass is 10.3. The first-order chi connectivity index (χ1) is 7.66. The molecule has 1 fully saturated rings. The van der Waals surface area contributed by atoms with Crippen LogP contribution in [-0.2, 0) is 4.79 Å². The van der Waals surface area contributed by atoms with Gasteiger partial charge in [-0.05, 0) is 6.42 Å². The Morgan fingerprint density at radius 2 is 2.38 bits per heavy atom. The number of carboxylic acid groups (broad SMARTS) is 1. The summed E-state index contributed by atoms with van der Waals surface area (Å²) in [6, 6.07) is 0. The van der Waals surface area contributed by atoms with Gasteiger partial charge in [-0.25, -0.2) is 15.0 Å². The molecule has 1 saturated carbocycles. The fourth-order valence-electron chi connectivity index (χ4n) is 1.81. The molecule has 2 heterocycles. The van der Waals surface area contributed by atoms with E-state index in [1.807, 2.05) is 0 Å². The third-order valence-electron chi connectivity index (χ3n) is 2.79. The number of hydrogen-bond donors (Lipinski definition) is 3. The van der Waals surface area contributed by atoms with Crippen LogP contribution in [-0.4, -0.2) is 31.0 Å². The number of aromatic nitrogens is 4. The Labute approximate surface area is 89.7 Å². The highest BCUT2D eigenvalue weighted by atomic mass is 16.4. The molecular weight excluding hydrogens is 210 g/mol. The lowest BCUT2D eigenvalue weighted by Crippen LogP contribution is -1.99. The number of imidazole rings is 1. The van der Waals surface area contributed by atoms with Crippen LogP contribution in [0, 0.1) is 5.92 Å². The summed E-state index contributed by atoms with van der Waals surface area (Å²) < 4.78 is 0. The predicted molar refractivity (Wildman–Crippen MR) is 54.6 cm³/mol. The van der Waals surface area contributed by atoms with Crippen LogP contribution in [0.25, 0.3) is 11.2 Å². The first-order valence-corrected chi connectivity index (χ1v) is 4.85. The highest BCUT2D eigenvalue weighted by Crippen LogP contribution is 2.46. The van der Waals surface area contributed by atoms with Gasteiger partial charge in [0.25, 0.3) is 0 Å². The van der Waals surface area contributed by atoms with E-state index in [9.17, 15) is 4.79 Å². The topological polar surface area (TPSA) is 118 Å². The average molecular weight is 219 g/mol. The molecule has 2 aromatic heterocycles. The standard InChI is InChI=1S/C9H9N5O2/c10-6-5-8(12-2-11-6)14-7(13-5)3-1-4(3)9(15)16/h2-4H,1H2,(H,15,16)(H3,10,11,12,13,14). The van der Waals surface area contributed by atoms with Crippen molar-refractivity contribution in [3.8, 4) is 0 Å². The Morgan fingerprint density at radius 3 is 3.00 bits per heavy atom. The number of anilines is 1. The van der Waals surface area contributed by atoms with E-state index in [2.05, 4.69) is 19.9 Å². The Balaban J connectivity index is 2.01. The molecule has 0 aromatic carbocycles. The van der Waals surface area contributed by atoms with Gasteiger partial charge >= 0.3 is 5.97 Å². The molecule has 4 N–H and O–H groups in total. The third kappa shape index (κ3) is 1.21. The van der Waals surface area contributed by atoms with Gasteiger partial charge in [0.15, 0.2) is 11.5 Å². The molecule has 2 unspecified atom stereocenters. The normalized spacial score (nSPS) is 23.5. The zero-order valence-corrected chi connectivity index (χ0v) is 8.21. The summed E-state index contributed by atoms with van der Waals surface area (Å²) in [6.07, 6.45) is 1.95. The Kier molecular flexibility index (Phi) is 1.65. The Morgan fingerprint density at radius 1 is 1.56 bits per heavy atom. The van der Waals surface area contributed by atoms with E-state index in [-0.39, 0.29) is 11.8 Å². The first-order valence-electron chi connectivity index (χ1n) is 4.85. The number of H-pyrrole nitrogens is 1. The van der Waals surface area contributed by atoms with E-state index in [0.717, 1.165) is 0 Å². The minimum Gasteiger partial charge on any atom is -0.481 e. The minimum atomic E-state index is -0.787. The number of aromatic amines is 1. The van der Waals surface area contributed by atoms with Crippen LogP contribution in [0.1, 0.15) is 18.2 Å². The molecule has 0 amide bonds. The minimum absolute atomic E-state index is 0.0499. The monoisotopic (exact) mass is 219 g/mol. The number of nitrogen functional groups attached to an aromatic ring is 1. The van der Waals surface area contributed by atoms with Crippen LogP contribution in [0.5, 0.6) is 0 Å². The van der Waals surface area contributed by atoms with Crippen molar-refractivity contribution in [3.05, 3.63) is 12.2 Å². The zero-order valence-electron chi connectivity index (χ0n) is 8.21. The molecule has 1 aliphatic rings. The molecule has 0 radical (unpaired) electrons. The van der Waals surface area contributed by atoms with Crippen LogP contribution in [0.15, 0.2) is 6.33 Å². The molecule has 7 nitrogen and oxygen atoms in total. The molecular formula is C9H9N5O2. The zero-order chi connectivity index (χ0) is 11.3. The van der Waals surface area contributed by atoms with Gasteiger partial charge in [-0.15, -0.1) is 0 Å². The van der Waals surface area contributed by atoms with Gasteiger partial charge in [-0.1, -0.05) is 0 Å². The first kappa shape index (κ1) is 9.08. The number of nitrogens with one attached hydrogen (secondary N) is 1. The van der Waals surface area contributed by atoms with E-state index in [1.54, 1.807) is 0 Å². The van der Waals surface area contributed by atoms with Gasteiger partial charge in [-0.3, -0.25) is 4.79 Å². The quantitative estimate of drug-likeness (QED) is 0.660.